The number of rotatable bonds is 1. The van der Waals surface area contributed by atoms with Crippen molar-refractivity contribution in [2.45, 2.75) is 10.8 Å². The number of hydrogen-bond acceptors (Lipinski definition) is 0. The molecule has 0 saturated carbocycles. The molecule has 0 bridgehead atoms. The van der Waals surface area contributed by atoms with E-state index in [1.165, 1.54) is 0 Å². The predicted octanol–water partition coefficient (Wildman–Crippen LogP) is 5.99. The molecule has 1 aliphatic carbocycles. The lowest BCUT2D eigenvalue weighted by Gasteiger charge is -2.25. The van der Waals surface area contributed by atoms with Gasteiger partial charge in [0.25, 0.3) is 0 Å². The molecule has 0 unspecified atom stereocenters. The number of hydrogen-bond donors (Lipinski definition) is 0. The standard InChI is InChI=1S/C12H7Cl5/c13-9-3-1-7(2-4-9)8-5-10(14)11(15)12(16,17)6-8/h1-5H,6H2. The van der Waals surface area contributed by atoms with E-state index in [2.05, 4.69) is 0 Å². The van der Waals surface area contributed by atoms with Crippen LogP contribution in [0.3, 0.4) is 0 Å². The molecule has 1 aromatic rings. The largest absolute Gasteiger partial charge is 0.159 e. The smallest absolute Gasteiger partial charge is 0.0949 e. The lowest BCUT2D eigenvalue weighted by molar-refractivity contribution is 0.955. The van der Waals surface area contributed by atoms with E-state index in [-0.39, 0.29) is 5.03 Å². The van der Waals surface area contributed by atoms with Gasteiger partial charge in [-0.05, 0) is 29.3 Å². The molecule has 0 nitrogen and oxygen atoms in total. The summed E-state index contributed by atoms with van der Waals surface area (Å²) in [4.78, 5) is 0. The zero-order chi connectivity index (χ0) is 12.6. The van der Waals surface area contributed by atoms with Gasteiger partial charge in [0.2, 0.25) is 0 Å². The molecule has 0 N–H and O–H groups in total. The van der Waals surface area contributed by atoms with Crippen LogP contribution in [0.4, 0.5) is 0 Å². The molecule has 0 heterocycles. The summed E-state index contributed by atoms with van der Waals surface area (Å²) >= 11 is 30.0. The molecule has 0 spiro atoms. The molecule has 1 aromatic carbocycles. The van der Waals surface area contributed by atoms with E-state index in [1.807, 2.05) is 12.1 Å². The third-order valence-corrected chi connectivity index (χ3v) is 4.47. The third-order valence-electron chi connectivity index (χ3n) is 2.46. The Morgan fingerprint density at radius 3 is 2.06 bits per heavy atom. The first-order valence-electron chi connectivity index (χ1n) is 4.80. The summed E-state index contributed by atoms with van der Waals surface area (Å²) < 4.78 is -1.16. The average Bonchev–Trinajstić information content (AvgIpc) is 2.26. The van der Waals surface area contributed by atoms with Crippen molar-refractivity contribution in [2.75, 3.05) is 0 Å². The topological polar surface area (TPSA) is 0 Å². The molecule has 90 valence electrons. The van der Waals surface area contributed by atoms with Crippen LogP contribution in [0.15, 0.2) is 40.4 Å². The highest BCUT2D eigenvalue weighted by Gasteiger charge is 2.34. The van der Waals surface area contributed by atoms with Crippen molar-refractivity contribution < 1.29 is 0 Å². The molecule has 1 aliphatic rings. The first-order valence-corrected chi connectivity index (χ1v) is 6.69. The monoisotopic (exact) mass is 326 g/mol. The van der Waals surface area contributed by atoms with Gasteiger partial charge in [-0.15, -0.1) is 0 Å². The van der Waals surface area contributed by atoms with Gasteiger partial charge in [0, 0.05) is 11.4 Å². The molecule has 0 radical (unpaired) electrons. The molecular formula is C12H7Cl5. The van der Waals surface area contributed by atoms with Crippen LogP contribution in [0.1, 0.15) is 12.0 Å². The minimum atomic E-state index is -1.16. The van der Waals surface area contributed by atoms with Gasteiger partial charge >= 0.3 is 0 Å². The van der Waals surface area contributed by atoms with Gasteiger partial charge < -0.3 is 0 Å². The molecule has 0 atom stereocenters. The minimum Gasteiger partial charge on any atom is -0.0949 e. The van der Waals surface area contributed by atoms with Gasteiger partial charge in [0.05, 0.1) is 10.1 Å². The minimum absolute atomic E-state index is 0.264. The second kappa shape index (κ2) is 5.03. The van der Waals surface area contributed by atoms with Crippen molar-refractivity contribution in [1.82, 2.24) is 0 Å². The maximum Gasteiger partial charge on any atom is 0.159 e. The van der Waals surface area contributed by atoms with Crippen molar-refractivity contribution in [2.24, 2.45) is 0 Å². The third kappa shape index (κ3) is 2.94. The SMILES string of the molecule is ClC1=C(Cl)C(Cl)(Cl)CC(c2ccc(Cl)cc2)=C1. The Balaban J connectivity index is 2.42. The second-order valence-corrected chi connectivity index (χ2v) is 6.43. The van der Waals surface area contributed by atoms with Crippen LogP contribution in [0.25, 0.3) is 5.57 Å². The van der Waals surface area contributed by atoms with Crippen molar-refractivity contribution in [3.8, 4) is 0 Å². The van der Waals surface area contributed by atoms with Gasteiger partial charge in [0.15, 0.2) is 4.33 Å². The van der Waals surface area contributed by atoms with Crippen molar-refractivity contribution in [3.63, 3.8) is 0 Å². The quantitative estimate of drug-likeness (QED) is 0.555. The summed E-state index contributed by atoms with van der Waals surface area (Å²) in [5.74, 6) is 0. The van der Waals surface area contributed by atoms with Crippen molar-refractivity contribution in [1.29, 1.82) is 0 Å². The summed E-state index contributed by atoms with van der Waals surface area (Å²) in [6, 6.07) is 7.38. The summed E-state index contributed by atoms with van der Waals surface area (Å²) in [5, 5.41) is 1.31. The van der Waals surface area contributed by atoms with Gasteiger partial charge in [0.1, 0.15) is 0 Å². The van der Waals surface area contributed by atoms with Gasteiger partial charge in [-0.3, -0.25) is 0 Å². The number of halogens is 5. The van der Waals surface area contributed by atoms with Crippen LogP contribution in [-0.4, -0.2) is 4.33 Å². The molecule has 5 heteroatoms. The van der Waals surface area contributed by atoms with Crippen molar-refractivity contribution >= 4 is 63.6 Å². The Kier molecular flexibility index (Phi) is 4.02. The molecule has 0 aliphatic heterocycles. The highest BCUT2D eigenvalue weighted by molar-refractivity contribution is 6.58. The average molecular weight is 328 g/mol. The molecule has 2 rings (SSSR count). The van der Waals surface area contributed by atoms with E-state index in [0.717, 1.165) is 11.1 Å². The van der Waals surface area contributed by atoms with Crippen LogP contribution in [0.2, 0.25) is 5.02 Å². The van der Waals surface area contributed by atoms with Crippen molar-refractivity contribution in [3.05, 3.63) is 51.0 Å². The number of alkyl halides is 2. The fourth-order valence-electron chi connectivity index (χ4n) is 1.61. The predicted molar refractivity (Wildman–Crippen MR) is 77.2 cm³/mol. The maximum atomic E-state index is 6.12. The van der Waals surface area contributed by atoms with E-state index in [4.69, 9.17) is 58.0 Å². The first-order chi connectivity index (χ1) is 7.90. The molecular weight excluding hydrogens is 321 g/mol. The van der Waals surface area contributed by atoms with Gasteiger partial charge in [-0.25, -0.2) is 0 Å². The lowest BCUT2D eigenvalue weighted by Crippen LogP contribution is -2.17. The zero-order valence-corrected chi connectivity index (χ0v) is 12.3. The lowest BCUT2D eigenvalue weighted by atomic mass is 9.96. The zero-order valence-electron chi connectivity index (χ0n) is 8.48. The highest BCUT2D eigenvalue weighted by Crippen LogP contribution is 2.47. The summed E-state index contributed by atoms with van der Waals surface area (Å²) in [6.45, 7) is 0. The Morgan fingerprint density at radius 1 is 0.941 bits per heavy atom. The maximum absolute atomic E-state index is 6.12. The molecule has 17 heavy (non-hydrogen) atoms. The van der Waals surface area contributed by atoms with Crippen LogP contribution < -0.4 is 0 Å². The molecule has 0 saturated heterocycles. The Bertz CT molecular complexity index is 496. The van der Waals surface area contributed by atoms with Crippen LogP contribution >= 0.6 is 58.0 Å². The molecule has 0 aromatic heterocycles. The van der Waals surface area contributed by atoms with Crippen LogP contribution in [0.5, 0.6) is 0 Å². The van der Waals surface area contributed by atoms with E-state index in [0.29, 0.717) is 16.5 Å². The Morgan fingerprint density at radius 2 is 1.53 bits per heavy atom. The number of benzene rings is 1. The van der Waals surface area contributed by atoms with E-state index >= 15 is 0 Å². The first kappa shape index (κ1) is 13.6. The summed E-state index contributed by atoms with van der Waals surface area (Å²) in [6.07, 6.45) is 2.18. The van der Waals surface area contributed by atoms with Crippen LogP contribution in [-0.2, 0) is 0 Å². The van der Waals surface area contributed by atoms with E-state index < -0.39 is 4.33 Å². The summed E-state index contributed by atoms with van der Waals surface area (Å²) in [7, 11) is 0. The second-order valence-electron chi connectivity index (χ2n) is 3.72. The summed E-state index contributed by atoms with van der Waals surface area (Å²) in [5.41, 5.74) is 1.91. The highest BCUT2D eigenvalue weighted by atomic mass is 35.5. The van der Waals surface area contributed by atoms with Crippen LogP contribution in [0, 0.1) is 0 Å². The number of allylic oxidation sites excluding steroid dienone is 4. The Hall–Kier alpha value is 0.150. The molecule has 0 amide bonds. The van der Waals surface area contributed by atoms with Gasteiger partial charge in [-0.1, -0.05) is 70.1 Å². The fraction of sp³-hybridized carbons (Fsp3) is 0.167. The van der Waals surface area contributed by atoms with E-state index in [1.54, 1.807) is 18.2 Å². The fourth-order valence-corrected chi connectivity index (χ4v) is 2.74. The Labute approximate surface area is 125 Å². The van der Waals surface area contributed by atoms with Gasteiger partial charge in [-0.2, -0.15) is 0 Å². The normalized spacial score (nSPS) is 19.2. The molecule has 0 fully saturated rings. The van der Waals surface area contributed by atoms with E-state index in [9.17, 15) is 0 Å².